The monoisotopic (exact) mass is 362 g/mol. The van der Waals surface area contributed by atoms with E-state index in [0.29, 0.717) is 23.6 Å². The number of hydrogen-bond acceptors (Lipinski definition) is 4. The molecule has 4 rings (SSSR count). The lowest BCUT2D eigenvalue weighted by atomic mass is 9.67. The average molecular weight is 363 g/mol. The summed E-state index contributed by atoms with van der Waals surface area (Å²) in [7, 11) is 0. The third-order valence-corrected chi connectivity index (χ3v) is 7.02. The molecule has 2 fully saturated rings. The molecule has 0 N–H and O–H groups in total. The van der Waals surface area contributed by atoms with E-state index in [4.69, 9.17) is 16.3 Å². The molecule has 1 aromatic carbocycles. The maximum Gasteiger partial charge on any atom is 0.309 e. The van der Waals surface area contributed by atoms with E-state index in [0.717, 1.165) is 34.2 Å². The molecule has 2 unspecified atom stereocenters. The number of esters is 1. The fraction of sp³-hybridized carbons (Fsp3) is 0.474. The van der Waals surface area contributed by atoms with Gasteiger partial charge in [-0.05, 0) is 31.7 Å². The molecule has 1 aromatic heterocycles. The first-order valence-electron chi connectivity index (χ1n) is 8.49. The van der Waals surface area contributed by atoms with Gasteiger partial charge in [0.25, 0.3) is 0 Å². The lowest BCUT2D eigenvalue weighted by molar-refractivity contribution is -0.154. The Morgan fingerprint density at radius 3 is 2.62 bits per heavy atom. The molecule has 0 aliphatic heterocycles. The molecule has 0 saturated heterocycles. The number of fused-ring (bicyclic) bond motifs is 3. The Morgan fingerprint density at radius 2 is 1.92 bits per heavy atom. The molecule has 2 atom stereocenters. The molecular formula is C19H19ClO3S. The highest BCUT2D eigenvalue weighted by molar-refractivity contribution is 7.19. The van der Waals surface area contributed by atoms with Crippen molar-refractivity contribution < 1.29 is 14.3 Å². The van der Waals surface area contributed by atoms with Crippen molar-refractivity contribution in [2.75, 3.05) is 0 Å². The highest BCUT2D eigenvalue weighted by atomic mass is 35.5. The van der Waals surface area contributed by atoms with Gasteiger partial charge in [0.15, 0.2) is 0 Å². The van der Waals surface area contributed by atoms with E-state index in [9.17, 15) is 9.59 Å². The Hall–Kier alpha value is -1.39. The first kappa shape index (κ1) is 16.1. The highest BCUT2D eigenvalue weighted by Gasteiger charge is 2.41. The molecule has 1 heterocycles. The Balaban J connectivity index is 1.43. The van der Waals surface area contributed by atoms with Crippen LogP contribution < -0.4 is 0 Å². The van der Waals surface area contributed by atoms with E-state index in [1.165, 1.54) is 0 Å². The van der Waals surface area contributed by atoms with Crippen molar-refractivity contribution in [1.29, 1.82) is 0 Å². The molecule has 0 radical (unpaired) electrons. The lowest BCUT2D eigenvalue weighted by Crippen LogP contribution is -2.39. The number of halogens is 1. The second-order valence-electron chi connectivity index (χ2n) is 6.84. The van der Waals surface area contributed by atoms with Crippen molar-refractivity contribution >= 4 is 44.8 Å². The number of rotatable bonds is 3. The molecule has 2 aromatic rings. The number of carbonyl (C=O) groups excluding carboxylic acids is 2. The standard InChI is InChI=1S/C19H19ClO3S/c20-17-14-6-1-2-7-15(14)24-16(17)10-23-19(22)13-8-11-4-3-5-12(9-13)18(11)21/h1-2,6-7,11-13H,3-5,8-10H2. The van der Waals surface area contributed by atoms with E-state index in [1.807, 2.05) is 24.3 Å². The van der Waals surface area contributed by atoms with Crippen LogP contribution in [0.15, 0.2) is 24.3 Å². The maximum atomic E-state index is 12.5. The second-order valence-corrected chi connectivity index (χ2v) is 8.35. The van der Waals surface area contributed by atoms with Gasteiger partial charge in [-0.3, -0.25) is 9.59 Å². The molecule has 5 heteroatoms. The molecular weight excluding hydrogens is 344 g/mol. The number of thiophene rings is 1. The summed E-state index contributed by atoms with van der Waals surface area (Å²) in [5, 5.41) is 1.69. The van der Waals surface area contributed by atoms with Crippen molar-refractivity contribution in [2.24, 2.45) is 17.8 Å². The molecule has 0 spiro atoms. The average Bonchev–Trinajstić information content (AvgIpc) is 2.89. The van der Waals surface area contributed by atoms with Crippen LogP contribution >= 0.6 is 22.9 Å². The zero-order chi connectivity index (χ0) is 16.7. The largest absolute Gasteiger partial charge is 0.460 e. The van der Waals surface area contributed by atoms with Crippen LogP contribution in [0.3, 0.4) is 0 Å². The van der Waals surface area contributed by atoms with Crippen LogP contribution in [0.5, 0.6) is 0 Å². The van der Waals surface area contributed by atoms with Crippen LogP contribution in [0, 0.1) is 17.8 Å². The van der Waals surface area contributed by atoms with Gasteiger partial charge in [0.05, 0.1) is 15.8 Å². The normalized spacial score (nSPS) is 26.5. The summed E-state index contributed by atoms with van der Waals surface area (Å²) in [6.45, 7) is 0.219. The summed E-state index contributed by atoms with van der Waals surface area (Å²) in [6, 6.07) is 7.93. The van der Waals surface area contributed by atoms with Crippen LogP contribution in [0.1, 0.15) is 37.0 Å². The topological polar surface area (TPSA) is 43.4 Å². The van der Waals surface area contributed by atoms with Crippen LogP contribution in [0.25, 0.3) is 10.1 Å². The smallest absolute Gasteiger partial charge is 0.309 e. The molecule has 126 valence electrons. The van der Waals surface area contributed by atoms with Crippen LogP contribution in [0.2, 0.25) is 5.02 Å². The number of ketones is 1. The Bertz CT molecular complexity index is 781. The molecule has 0 amide bonds. The molecule has 3 nitrogen and oxygen atoms in total. The van der Waals surface area contributed by atoms with Gasteiger partial charge >= 0.3 is 5.97 Å². The van der Waals surface area contributed by atoms with E-state index in [-0.39, 0.29) is 30.3 Å². The summed E-state index contributed by atoms with van der Waals surface area (Å²) in [5.74, 6) is 0.211. The van der Waals surface area contributed by atoms with Gasteiger partial charge < -0.3 is 4.74 Å². The second kappa shape index (κ2) is 6.49. The molecule has 2 bridgehead atoms. The van der Waals surface area contributed by atoms with Crippen molar-refractivity contribution in [2.45, 2.75) is 38.7 Å². The molecule has 2 saturated carbocycles. The Labute approximate surface area is 149 Å². The van der Waals surface area contributed by atoms with Crippen molar-refractivity contribution in [1.82, 2.24) is 0 Å². The molecule has 2 aliphatic rings. The summed E-state index contributed by atoms with van der Waals surface area (Å²) in [4.78, 5) is 25.5. The molecule has 24 heavy (non-hydrogen) atoms. The number of Topliss-reactive ketones (excluding diaryl/α,β-unsaturated/α-hetero) is 1. The van der Waals surface area contributed by atoms with Gasteiger partial charge in [0.1, 0.15) is 12.4 Å². The number of ether oxygens (including phenoxy) is 1. The van der Waals surface area contributed by atoms with Crippen LogP contribution in [-0.2, 0) is 20.9 Å². The minimum absolute atomic E-state index is 0.0722. The van der Waals surface area contributed by atoms with Crippen molar-refractivity contribution in [3.63, 3.8) is 0 Å². The number of benzene rings is 1. The number of carbonyl (C=O) groups is 2. The van der Waals surface area contributed by atoms with E-state index in [1.54, 1.807) is 11.3 Å². The van der Waals surface area contributed by atoms with Gasteiger partial charge in [0.2, 0.25) is 0 Å². The minimum Gasteiger partial charge on any atom is -0.460 e. The van der Waals surface area contributed by atoms with Crippen molar-refractivity contribution in [3.8, 4) is 0 Å². The summed E-state index contributed by atoms with van der Waals surface area (Å²) in [6.07, 6.45) is 4.30. The first-order valence-corrected chi connectivity index (χ1v) is 9.69. The molecule has 2 aliphatic carbocycles. The number of hydrogen-bond donors (Lipinski definition) is 0. The lowest BCUT2D eigenvalue weighted by Gasteiger charge is -2.36. The van der Waals surface area contributed by atoms with Gasteiger partial charge in [-0.25, -0.2) is 0 Å². The van der Waals surface area contributed by atoms with E-state index >= 15 is 0 Å². The third-order valence-electron chi connectivity index (χ3n) is 5.33. The minimum atomic E-state index is -0.173. The third kappa shape index (κ3) is 2.86. The summed E-state index contributed by atoms with van der Waals surface area (Å²) < 4.78 is 6.66. The maximum absolute atomic E-state index is 12.5. The highest BCUT2D eigenvalue weighted by Crippen LogP contribution is 2.41. The Morgan fingerprint density at radius 1 is 1.21 bits per heavy atom. The van der Waals surface area contributed by atoms with Gasteiger partial charge in [-0.2, -0.15) is 0 Å². The summed E-state index contributed by atoms with van der Waals surface area (Å²) >= 11 is 7.96. The van der Waals surface area contributed by atoms with Gasteiger partial charge in [-0.15, -0.1) is 11.3 Å². The van der Waals surface area contributed by atoms with Crippen molar-refractivity contribution in [3.05, 3.63) is 34.2 Å². The Kier molecular flexibility index (Phi) is 4.35. The van der Waals surface area contributed by atoms with E-state index in [2.05, 4.69) is 0 Å². The van der Waals surface area contributed by atoms with Crippen LogP contribution in [-0.4, -0.2) is 11.8 Å². The predicted octanol–water partition coefficient (Wildman–Crippen LogP) is 4.99. The SMILES string of the molecule is O=C(OCc1sc2ccccc2c1Cl)C1CC2CCCC(C1)C2=O. The first-order chi connectivity index (χ1) is 11.6. The zero-order valence-electron chi connectivity index (χ0n) is 13.3. The predicted molar refractivity (Wildman–Crippen MR) is 95.2 cm³/mol. The van der Waals surface area contributed by atoms with Gasteiger partial charge in [-0.1, -0.05) is 36.2 Å². The fourth-order valence-electron chi connectivity index (χ4n) is 4.08. The summed E-state index contributed by atoms with van der Waals surface area (Å²) in [5.41, 5.74) is 0. The van der Waals surface area contributed by atoms with E-state index < -0.39 is 0 Å². The quantitative estimate of drug-likeness (QED) is 0.722. The van der Waals surface area contributed by atoms with Gasteiger partial charge in [0, 0.05) is 21.9 Å². The fourth-order valence-corrected chi connectivity index (χ4v) is 5.48. The zero-order valence-corrected chi connectivity index (χ0v) is 14.9. The van der Waals surface area contributed by atoms with Crippen LogP contribution in [0.4, 0.5) is 0 Å².